The molecule has 0 fully saturated rings. The highest BCUT2D eigenvalue weighted by atomic mass is 35.5. The van der Waals surface area contributed by atoms with Gasteiger partial charge < -0.3 is 14.7 Å². The molecule has 10 nitrogen and oxygen atoms in total. The molecule has 3 aromatic rings. The summed E-state index contributed by atoms with van der Waals surface area (Å²) in [5, 5.41) is 9.11. The number of carbonyl (C=O) groups excluding carboxylic acids is 1. The predicted octanol–water partition coefficient (Wildman–Crippen LogP) is 5.88. The molecule has 1 atom stereocenters. The van der Waals surface area contributed by atoms with Crippen LogP contribution in [0.2, 0.25) is 0 Å². The average Bonchev–Trinajstić information content (AvgIpc) is 2.89. The van der Waals surface area contributed by atoms with E-state index < -0.39 is 22.0 Å². The highest BCUT2D eigenvalue weighted by Crippen LogP contribution is 2.31. The molecule has 0 saturated carbocycles. The number of carboxylic acid groups (broad SMARTS) is 1. The number of benzene rings is 2. The quantitative estimate of drug-likeness (QED) is 0.309. The van der Waals surface area contributed by atoms with Gasteiger partial charge in [0, 0.05) is 30.2 Å². The molecule has 0 spiro atoms. The lowest BCUT2D eigenvalue weighted by molar-refractivity contribution is -0.137. The largest absolute Gasteiger partial charge is 0.481 e. The lowest BCUT2D eigenvalue weighted by atomic mass is 9.87. The summed E-state index contributed by atoms with van der Waals surface area (Å²) in [4.78, 5) is 35.6. The maximum absolute atomic E-state index is 14.0. The summed E-state index contributed by atoms with van der Waals surface area (Å²) >= 11 is 0. The first-order valence-corrected chi connectivity index (χ1v) is 15.5. The highest BCUT2D eigenvalue weighted by molar-refractivity contribution is 7.92. The van der Waals surface area contributed by atoms with Crippen molar-refractivity contribution in [3.05, 3.63) is 65.2 Å². The summed E-state index contributed by atoms with van der Waals surface area (Å²) < 4.78 is 35.6. The number of carbonyl (C=O) groups is 2. The van der Waals surface area contributed by atoms with Crippen LogP contribution < -0.4 is 9.46 Å². The van der Waals surface area contributed by atoms with Crippen LogP contribution in [0.25, 0.3) is 11.3 Å². The number of aromatic nitrogens is 2. The zero-order valence-corrected chi connectivity index (χ0v) is 26.7. The molecule has 43 heavy (non-hydrogen) atoms. The van der Waals surface area contributed by atoms with Crippen molar-refractivity contribution < 1.29 is 27.9 Å². The van der Waals surface area contributed by atoms with E-state index in [4.69, 9.17) is 9.84 Å². The summed E-state index contributed by atoms with van der Waals surface area (Å²) in [7, 11) is -4.16. The number of rotatable bonds is 7. The van der Waals surface area contributed by atoms with E-state index in [-0.39, 0.29) is 65.6 Å². The van der Waals surface area contributed by atoms with E-state index in [1.54, 1.807) is 17.0 Å². The molecule has 232 valence electrons. The van der Waals surface area contributed by atoms with Gasteiger partial charge in [0.1, 0.15) is 6.61 Å². The second-order valence-electron chi connectivity index (χ2n) is 11.9. The van der Waals surface area contributed by atoms with E-state index in [0.29, 0.717) is 25.0 Å². The van der Waals surface area contributed by atoms with E-state index in [9.17, 15) is 18.0 Å². The van der Waals surface area contributed by atoms with Crippen LogP contribution in [0.5, 0.6) is 5.88 Å². The topological polar surface area (TPSA) is 139 Å². The van der Waals surface area contributed by atoms with Crippen LogP contribution in [0.4, 0.5) is 5.95 Å². The van der Waals surface area contributed by atoms with Gasteiger partial charge in [0.15, 0.2) is 0 Å². The van der Waals surface area contributed by atoms with Crippen molar-refractivity contribution in [1.29, 1.82) is 0 Å². The molecule has 1 amide bonds. The van der Waals surface area contributed by atoms with Crippen LogP contribution in [-0.2, 0) is 14.8 Å². The molecular formula is C31H39ClN4O6S. The number of hydrogen-bond donors (Lipinski definition) is 2. The van der Waals surface area contributed by atoms with Gasteiger partial charge in [0.25, 0.3) is 15.9 Å². The maximum Gasteiger partial charge on any atom is 0.303 e. The van der Waals surface area contributed by atoms with Crippen molar-refractivity contribution in [2.24, 2.45) is 5.41 Å². The van der Waals surface area contributed by atoms with Crippen LogP contribution in [0.3, 0.4) is 0 Å². The number of nitrogens with zero attached hydrogens (tertiary/aromatic N) is 3. The van der Waals surface area contributed by atoms with Gasteiger partial charge in [0.2, 0.25) is 11.8 Å². The fraction of sp³-hybridized carbons (Fsp3) is 0.419. The third-order valence-corrected chi connectivity index (χ3v) is 8.40. The first-order valence-electron chi connectivity index (χ1n) is 14.0. The summed E-state index contributed by atoms with van der Waals surface area (Å²) in [6.07, 6.45) is 1.43. The maximum atomic E-state index is 14.0. The Morgan fingerprint density at radius 1 is 1.07 bits per heavy atom. The van der Waals surface area contributed by atoms with Gasteiger partial charge in [-0.2, -0.15) is 4.98 Å². The van der Waals surface area contributed by atoms with E-state index >= 15 is 0 Å². The van der Waals surface area contributed by atoms with Crippen molar-refractivity contribution in [1.82, 2.24) is 14.9 Å². The van der Waals surface area contributed by atoms with Crippen molar-refractivity contribution in [2.75, 3.05) is 17.9 Å². The Hall–Kier alpha value is -3.70. The summed E-state index contributed by atoms with van der Waals surface area (Å²) in [6.45, 7) is 10.5. The van der Waals surface area contributed by atoms with Gasteiger partial charge in [-0.3, -0.25) is 9.59 Å². The SMILES string of the molecule is Cc1cccc(C)c1-c1cc2nc(n1)NS(=O)(=O)c1cccc(c1)C(=O)N(CCCCC(=O)O)[C@H](CC(C)(C)C)CO2.Cl. The van der Waals surface area contributed by atoms with E-state index in [0.717, 1.165) is 16.7 Å². The Labute approximate surface area is 259 Å². The number of ether oxygens (including phenoxy) is 1. The average molecular weight is 631 g/mol. The lowest BCUT2D eigenvalue weighted by Gasteiger charge is -2.36. The molecule has 4 rings (SSSR count). The fourth-order valence-corrected chi connectivity index (χ4v) is 6.18. The van der Waals surface area contributed by atoms with Gasteiger partial charge >= 0.3 is 5.97 Å². The fourth-order valence-electron chi connectivity index (χ4n) is 5.19. The van der Waals surface area contributed by atoms with E-state index in [1.807, 2.05) is 32.0 Å². The molecule has 12 heteroatoms. The molecule has 0 unspecified atom stereocenters. The van der Waals surface area contributed by atoms with E-state index in [2.05, 4.69) is 35.5 Å². The third kappa shape index (κ3) is 8.67. The predicted molar refractivity (Wildman–Crippen MR) is 167 cm³/mol. The minimum atomic E-state index is -4.16. The van der Waals surface area contributed by atoms with Gasteiger partial charge in [-0.05, 0) is 67.9 Å². The number of sulfonamides is 1. The molecule has 1 aliphatic rings. The summed E-state index contributed by atoms with van der Waals surface area (Å²) in [6, 6.07) is 13.0. The normalized spacial score (nSPS) is 16.4. The molecule has 2 heterocycles. The molecule has 4 bridgehead atoms. The van der Waals surface area contributed by atoms with Crippen molar-refractivity contribution >= 4 is 40.3 Å². The number of hydrogen-bond acceptors (Lipinski definition) is 7. The van der Waals surface area contributed by atoms with Crippen LogP contribution in [-0.4, -0.2) is 59.5 Å². The highest BCUT2D eigenvalue weighted by Gasteiger charge is 2.31. The van der Waals surface area contributed by atoms with Crippen LogP contribution in [0.1, 0.15) is 67.9 Å². The Kier molecular flexibility index (Phi) is 10.8. The molecule has 1 aliphatic heterocycles. The Bertz CT molecular complexity index is 1570. The number of nitrogens with one attached hydrogen (secondary N) is 1. The number of anilines is 1. The standard InChI is InChI=1S/C31H38N4O6S.ClH/c1-20-10-8-11-21(2)28(20)25-17-26-33-30(32-25)34-42(39,40)24-13-9-12-22(16-24)29(38)35(15-7-6-14-27(36)37)23(19-41-26)18-31(3,4)5;/h8-13,16-17,23H,6-7,14-15,18-19H2,1-5H3,(H,36,37)(H,32,33,34);1H/t23-;/m1./s1. The second kappa shape index (κ2) is 13.7. The van der Waals surface area contributed by atoms with Crippen LogP contribution >= 0.6 is 12.4 Å². The number of aryl methyl sites for hydroxylation is 2. The second-order valence-corrected chi connectivity index (χ2v) is 13.6. The number of carboxylic acids is 1. The number of amides is 1. The Balaban J connectivity index is 0.00000506. The van der Waals surface area contributed by atoms with Crippen molar-refractivity contribution in [3.8, 4) is 17.1 Å². The molecule has 2 N–H and O–H groups in total. The molecule has 0 aliphatic carbocycles. The Morgan fingerprint density at radius 3 is 2.40 bits per heavy atom. The molecule has 0 radical (unpaired) electrons. The monoisotopic (exact) mass is 630 g/mol. The minimum absolute atomic E-state index is 0. The van der Waals surface area contributed by atoms with Crippen LogP contribution in [0, 0.1) is 19.3 Å². The number of aliphatic carboxylic acids is 1. The molecular weight excluding hydrogens is 592 g/mol. The van der Waals surface area contributed by atoms with E-state index in [1.165, 1.54) is 18.2 Å². The minimum Gasteiger partial charge on any atom is -0.481 e. The van der Waals surface area contributed by atoms with Gasteiger partial charge in [-0.15, -0.1) is 12.4 Å². The lowest BCUT2D eigenvalue weighted by Crippen LogP contribution is -2.46. The third-order valence-electron chi connectivity index (χ3n) is 7.07. The van der Waals surface area contributed by atoms with Gasteiger partial charge in [-0.1, -0.05) is 45.0 Å². The van der Waals surface area contributed by atoms with Gasteiger partial charge in [-0.25, -0.2) is 18.1 Å². The number of fused-ring (bicyclic) bond motifs is 4. The zero-order chi connectivity index (χ0) is 30.7. The van der Waals surface area contributed by atoms with Crippen molar-refractivity contribution in [3.63, 3.8) is 0 Å². The smallest absolute Gasteiger partial charge is 0.303 e. The first kappa shape index (κ1) is 33.8. The summed E-state index contributed by atoms with van der Waals surface area (Å²) in [5.41, 5.74) is 3.29. The van der Waals surface area contributed by atoms with Crippen LogP contribution in [0.15, 0.2) is 53.4 Å². The van der Waals surface area contributed by atoms with Gasteiger partial charge in [0.05, 0.1) is 16.6 Å². The Morgan fingerprint density at radius 2 is 1.74 bits per heavy atom. The number of unbranched alkanes of at least 4 members (excludes halogenated alkanes) is 1. The summed E-state index contributed by atoms with van der Waals surface area (Å²) in [5.74, 6) is -1.22. The zero-order valence-electron chi connectivity index (χ0n) is 25.1. The number of halogens is 1. The molecule has 0 saturated heterocycles. The van der Waals surface area contributed by atoms with Crippen molar-refractivity contribution in [2.45, 2.75) is 71.2 Å². The first-order chi connectivity index (χ1) is 19.7. The molecule has 2 aromatic carbocycles. The molecule has 1 aromatic heterocycles.